The van der Waals surface area contributed by atoms with Crippen LogP contribution in [0.3, 0.4) is 0 Å². The lowest BCUT2D eigenvalue weighted by atomic mass is 10.0. The largest absolute Gasteiger partial charge is 0.415 e. The molecule has 0 unspecified atom stereocenters. The van der Waals surface area contributed by atoms with Gasteiger partial charge < -0.3 is 16.2 Å². The van der Waals surface area contributed by atoms with Gasteiger partial charge in [0.1, 0.15) is 5.69 Å². The number of primary amides is 1. The Kier molecular flexibility index (Phi) is 6.63. The number of nitrogens with zero attached hydrogens (tertiary/aromatic N) is 2. The van der Waals surface area contributed by atoms with E-state index in [1.165, 1.54) is 6.07 Å². The van der Waals surface area contributed by atoms with E-state index in [4.69, 9.17) is 28.4 Å². The number of thiocarbonyl (C=S) groups is 1. The molecule has 1 aromatic carbocycles. The number of hydrogen-bond acceptors (Lipinski definition) is 6. The van der Waals surface area contributed by atoms with Crippen molar-refractivity contribution in [2.45, 2.75) is 38.8 Å². The number of carbonyl (C=O) groups is 1. The molecule has 1 aromatic heterocycles. The van der Waals surface area contributed by atoms with Crippen molar-refractivity contribution in [1.82, 2.24) is 9.88 Å². The van der Waals surface area contributed by atoms with Crippen LogP contribution in [0.5, 0.6) is 0 Å². The minimum absolute atomic E-state index is 0.0437. The molecule has 4 N–H and O–H groups in total. The Bertz CT molecular complexity index is 1050. The second-order valence-corrected chi connectivity index (χ2v) is 8.13. The molecule has 2 heterocycles. The SMILES string of the molecule is CC(N)=CC(=S)c1cc(C(N)=O)nc2cc(CN3C[C@@H](C)O[C@@H](C(F)(F)F)C3)ccc12. The fourth-order valence-corrected chi connectivity index (χ4v) is 3.95. The summed E-state index contributed by atoms with van der Waals surface area (Å²) >= 11 is 5.43. The first kappa shape index (κ1) is 23.1. The number of benzene rings is 1. The summed E-state index contributed by atoms with van der Waals surface area (Å²) in [7, 11) is 0. The molecule has 3 rings (SSSR count). The van der Waals surface area contributed by atoms with Crippen molar-refractivity contribution in [1.29, 1.82) is 0 Å². The lowest BCUT2D eigenvalue weighted by Gasteiger charge is -2.37. The Balaban J connectivity index is 1.96. The van der Waals surface area contributed by atoms with E-state index < -0.39 is 24.3 Å². The summed E-state index contributed by atoms with van der Waals surface area (Å²) in [5.41, 5.74) is 13.5. The lowest BCUT2D eigenvalue weighted by molar-refractivity contribution is -0.252. The molecule has 0 saturated carbocycles. The molecule has 0 radical (unpaired) electrons. The van der Waals surface area contributed by atoms with Crippen LogP contribution in [0.2, 0.25) is 0 Å². The number of aromatic nitrogens is 1. The maximum Gasteiger partial charge on any atom is 0.415 e. The minimum Gasteiger partial charge on any atom is -0.402 e. The molecule has 2 aromatic rings. The van der Waals surface area contributed by atoms with E-state index in [2.05, 4.69) is 4.98 Å². The molecule has 31 heavy (non-hydrogen) atoms. The molecule has 0 aliphatic carbocycles. The molecular formula is C21H23F3N4O2S. The summed E-state index contributed by atoms with van der Waals surface area (Å²) in [6.07, 6.45) is -5.19. The second kappa shape index (κ2) is 8.89. The van der Waals surface area contributed by atoms with Gasteiger partial charge in [-0.1, -0.05) is 24.4 Å². The Hall–Kier alpha value is -2.56. The summed E-state index contributed by atoms with van der Waals surface area (Å²) in [5, 5.41) is 0.694. The predicted molar refractivity (Wildman–Crippen MR) is 116 cm³/mol. The average molecular weight is 453 g/mol. The zero-order chi connectivity index (χ0) is 22.9. The van der Waals surface area contributed by atoms with E-state index in [1.54, 1.807) is 37.0 Å². The normalized spacial score (nSPS) is 20.7. The number of hydrogen-bond donors (Lipinski definition) is 2. The zero-order valence-electron chi connectivity index (χ0n) is 17.1. The monoisotopic (exact) mass is 452 g/mol. The summed E-state index contributed by atoms with van der Waals surface area (Å²) in [6.45, 7) is 3.71. The number of alkyl halides is 3. The van der Waals surface area contributed by atoms with Crippen molar-refractivity contribution < 1.29 is 22.7 Å². The Morgan fingerprint density at radius 3 is 2.65 bits per heavy atom. The van der Waals surface area contributed by atoms with Gasteiger partial charge in [-0.25, -0.2) is 4.98 Å². The van der Waals surface area contributed by atoms with Crippen LogP contribution in [0, 0.1) is 0 Å². The van der Waals surface area contributed by atoms with Crippen molar-refractivity contribution in [3.63, 3.8) is 0 Å². The lowest BCUT2D eigenvalue weighted by Crippen LogP contribution is -2.51. The summed E-state index contributed by atoms with van der Waals surface area (Å²) < 4.78 is 44.4. The van der Waals surface area contributed by atoms with Crippen LogP contribution in [0.1, 0.15) is 35.5 Å². The molecular weight excluding hydrogens is 429 g/mol. The Labute approximate surface area is 183 Å². The van der Waals surface area contributed by atoms with Gasteiger partial charge in [-0.15, -0.1) is 0 Å². The summed E-state index contributed by atoms with van der Waals surface area (Å²) in [6, 6.07) is 6.84. The van der Waals surface area contributed by atoms with E-state index in [0.717, 1.165) is 5.56 Å². The zero-order valence-corrected chi connectivity index (χ0v) is 17.9. The number of rotatable bonds is 5. The van der Waals surface area contributed by atoms with Gasteiger partial charge in [-0.3, -0.25) is 9.69 Å². The number of ether oxygens (including phenoxy) is 1. The van der Waals surface area contributed by atoms with Crippen molar-refractivity contribution in [3.8, 4) is 0 Å². The molecule has 10 heteroatoms. The second-order valence-electron chi connectivity index (χ2n) is 7.69. The topological polar surface area (TPSA) is 94.5 Å². The third-order valence-corrected chi connectivity index (χ3v) is 5.20. The van der Waals surface area contributed by atoms with E-state index in [-0.39, 0.29) is 18.8 Å². The molecule has 0 spiro atoms. The first-order valence-electron chi connectivity index (χ1n) is 9.60. The number of amides is 1. The molecule has 1 aliphatic rings. The first-order valence-corrected chi connectivity index (χ1v) is 10.0. The van der Waals surface area contributed by atoms with E-state index in [0.29, 0.717) is 33.6 Å². The van der Waals surface area contributed by atoms with Gasteiger partial charge in [0.2, 0.25) is 0 Å². The van der Waals surface area contributed by atoms with E-state index in [9.17, 15) is 18.0 Å². The molecule has 1 amide bonds. The highest BCUT2D eigenvalue weighted by atomic mass is 32.1. The number of morpholine rings is 1. The van der Waals surface area contributed by atoms with Crippen LogP contribution >= 0.6 is 12.2 Å². The first-order chi connectivity index (χ1) is 14.4. The van der Waals surface area contributed by atoms with Crippen LogP contribution in [0.4, 0.5) is 13.2 Å². The molecule has 6 nitrogen and oxygen atoms in total. The maximum atomic E-state index is 13.1. The number of allylic oxidation sites excluding steroid dienone is 2. The quantitative estimate of drug-likeness (QED) is 0.411. The summed E-state index contributed by atoms with van der Waals surface area (Å²) in [4.78, 5) is 18.2. The highest BCUT2D eigenvalue weighted by Gasteiger charge is 2.44. The summed E-state index contributed by atoms with van der Waals surface area (Å²) in [5.74, 6) is -0.708. The van der Waals surface area contributed by atoms with Crippen LogP contribution in [0.25, 0.3) is 10.9 Å². The molecule has 1 fully saturated rings. The molecule has 2 atom stereocenters. The minimum atomic E-state index is -4.42. The van der Waals surface area contributed by atoms with Crippen molar-refractivity contribution in [2.24, 2.45) is 11.5 Å². The number of halogens is 3. The van der Waals surface area contributed by atoms with E-state index in [1.807, 2.05) is 6.07 Å². The fraction of sp³-hybridized carbons (Fsp3) is 0.381. The van der Waals surface area contributed by atoms with E-state index >= 15 is 0 Å². The van der Waals surface area contributed by atoms with Gasteiger partial charge in [0.05, 0.1) is 11.6 Å². The highest BCUT2D eigenvalue weighted by Crippen LogP contribution is 2.29. The number of fused-ring (bicyclic) bond motifs is 1. The van der Waals surface area contributed by atoms with Gasteiger partial charge in [-0.2, -0.15) is 13.2 Å². The van der Waals surface area contributed by atoms with Gasteiger partial charge >= 0.3 is 6.18 Å². The maximum absolute atomic E-state index is 13.1. The van der Waals surface area contributed by atoms with Gasteiger partial charge in [0.15, 0.2) is 6.10 Å². The number of pyridine rings is 1. The smallest absolute Gasteiger partial charge is 0.402 e. The number of carbonyl (C=O) groups excluding carboxylic acids is 1. The third-order valence-electron chi connectivity index (χ3n) is 4.86. The van der Waals surface area contributed by atoms with Crippen molar-refractivity contribution >= 4 is 33.9 Å². The van der Waals surface area contributed by atoms with Crippen molar-refractivity contribution in [3.05, 3.63) is 52.9 Å². The van der Waals surface area contributed by atoms with Crippen LogP contribution < -0.4 is 11.5 Å². The van der Waals surface area contributed by atoms with Crippen LogP contribution in [-0.4, -0.2) is 52.1 Å². The van der Waals surface area contributed by atoms with Crippen LogP contribution in [-0.2, 0) is 11.3 Å². The molecule has 1 aliphatic heterocycles. The fourth-order valence-electron chi connectivity index (χ4n) is 3.59. The Morgan fingerprint density at radius 2 is 2.03 bits per heavy atom. The Morgan fingerprint density at radius 1 is 1.32 bits per heavy atom. The molecule has 1 saturated heterocycles. The van der Waals surface area contributed by atoms with Crippen LogP contribution in [0.15, 0.2) is 36.0 Å². The number of nitrogens with two attached hydrogens (primary N) is 2. The predicted octanol–water partition coefficient (Wildman–Crippen LogP) is 3.07. The molecule has 0 bridgehead atoms. The standard InChI is InChI=1S/C21H23F3N4O2S/c1-11(25)5-18(31)15-7-17(20(26)29)27-16-6-13(3-4-14(15)16)9-28-8-12(2)30-19(10-28)21(22,23)24/h3-7,12,19H,8-10,25H2,1-2H3,(H2,26,29)/t12-,19-/m1/s1. The molecule has 166 valence electrons. The van der Waals surface area contributed by atoms with Gasteiger partial charge in [0.25, 0.3) is 5.91 Å². The van der Waals surface area contributed by atoms with Crippen molar-refractivity contribution in [2.75, 3.05) is 13.1 Å². The van der Waals surface area contributed by atoms with Gasteiger partial charge in [0, 0.05) is 41.1 Å². The average Bonchev–Trinajstić information content (AvgIpc) is 2.65. The third kappa shape index (κ3) is 5.57. The van der Waals surface area contributed by atoms with Gasteiger partial charge in [-0.05, 0) is 37.6 Å². The highest BCUT2D eigenvalue weighted by molar-refractivity contribution is 7.81.